The molecular weight excluding hydrogens is 148 g/mol. The van der Waals surface area contributed by atoms with Crippen LogP contribution in [0.25, 0.3) is 0 Å². The minimum Gasteiger partial charge on any atom is -0.356 e. The van der Waals surface area contributed by atoms with Crippen molar-refractivity contribution in [3.05, 3.63) is 0 Å². The van der Waals surface area contributed by atoms with Crippen LogP contribution >= 0.6 is 11.8 Å². The van der Waals surface area contributed by atoms with Crippen LogP contribution in [0.2, 0.25) is 0 Å². The van der Waals surface area contributed by atoms with Gasteiger partial charge in [-0.25, -0.2) is 0 Å². The van der Waals surface area contributed by atoms with Crippen LogP contribution in [-0.2, 0) is 9.47 Å². The Labute approximate surface area is 67.3 Å². The molecule has 0 amide bonds. The van der Waals surface area contributed by atoms with Crippen molar-refractivity contribution < 1.29 is 9.47 Å². The highest BCUT2D eigenvalue weighted by atomic mass is 32.2. The van der Waals surface area contributed by atoms with Crippen molar-refractivity contribution in [2.75, 3.05) is 31.5 Å². The summed E-state index contributed by atoms with van der Waals surface area (Å²) in [4.78, 5) is 0. The maximum absolute atomic E-state index is 5.13. The second-order valence-corrected chi connectivity index (χ2v) is 3.11. The topological polar surface area (TPSA) is 18.5 Å². The fraction of sp³-hybridized carbons (Fsp3) is 1.00. The van der Waals surface area contributed by atoms with Crippen LogP contribution in [0.5, 0.6) is 0 Å². The van der Waals surface area contributed by atoms with Crippen LogP contribution in [-0.4, -0.2) is 31.5 Å². The lowest BCUT2D eigenvalue weighted by molar-refractivity contribution is -0.0435. The third kappa shape index (κ3) is 8.27. The van der Waals surface area contributed by atoms with Crippen LogP contribution in [0.1, 0.15) is 13.8 Å². The number of hydrogen-bond donors (Lipinski definition) is 0. The highest BCUT2D eigenvalue weighted by Crippen LogP contribution is 1.96. The predicted octanol–water partition coefficient (Wildman–Crippen LogP) is 1.75. The van der Waals surface area contributed by atoms with E-state index in [1.165, 1.54) is 0 Å². The molecule has 0 radical (unpaired) electrons. The van der Waals surface area contributed by atoms with Crippen LogP contribution in [0.4, 0.5) is 0 Å². The second kappa shape index (κ2) is 9.27. The Morgan fingerprint density at radius 3 is 2.60 bits per heavy atom. The van der Waals surface area contributed by atoms with E-state index in [4.69, 9.17) is 9.47 Å². The minimum atomic E-state index is 0.445. The quantitative estimate of drug-likeness (QED) is 0.422. The third-order valence-electron chi connectivity index (χ3n) is 0.947. The van der Waals surface area contributed by atoms with Crippen molar-refractivity contribution in [2.24, 2.45) is 0 Å². The summed E-state index contributed by atoms with van der Waals surface area (Å²) < 4.78 is 10.1. The number of hydrogen-bond acceptors (Lipinski definition) is 3. The molecule has 0 aromatic heterocycles. The van der Waals surface area contributed by atoms with E-state index in [-0.39, 0.29) is 0 Å². The van der Waals surface area contributed by atoms with E-state index < -0.39 is 0 Å². The van der Waals surface area contributed by atoms with Crippen molar-refractivity contribution in [1.82, 2.24) is 0 Å². The number of rotatable bonds is 7. The molecule has 0 N–H and O–H groups in total. The van der Waals surface area contributed by atoms with Crippen LogP contribution in [0.15, 0.2) is 0 Å². The molecule has 0 aromatic rings. The van der Waals surface area contributed by atoms with E-state index in [2.05, 4.69) is 6.92 Å². The molecule has 0 spiro atoms. The predicted molar refractivity (Wildman–Crippen MR) is 45.4 cm³/mol. The lowest BCUT2D eigenvalue weighted by atomic mass is 10.8. The molecule has 62 valence electrons. The van der Waals surface area contributed by atoms with Gasteiger partial charge in [-0.2, -0.15) is 11.8 Å². The third-order valence-corrected chi connectivity index (χ3v) is 1.81. The molecule has 0 atom stereocenters. The Bertz CT molecular complexity index is 51.6. The number of thioether (sulfide) groups is 1. The van der Waals surface area contributed by atoms with Crippen molar-refractivity contribution in [1.29, 1.82) is 0 Å². The first-order valence-corrected chi connectivity index (χ1v) is 4.80. The summed E-state index contributed by atoms with van der Waals surface area (Å²) in [7, 11) is 0. The van der Waals surface area contributed by atoms with E-state index in [9.17, 15) is 0 Å². The lowest BCUT2D eigenvalue weighted by Crippen LogP contribution is -2.02. The summed E-state index contributed by atoms with van der Waals surface area (Å²) in [6.45, 7) is 6.09. The molecule has 0 bridgehead atoms. The molecule has 2 nitrogen and oxygen atoms in total. The van der Waals surface area contributed by atoms with E-state index in [1.54, 1.807) is 0 Å². The highest BCUT2D eigenvalue weighted by Gasteiger charge is 1.86. The smallest absolute Gasteiger partial charge is 0.146 e. The molecule has 0 unspecified atom stereocenters. The lowest BCUT2D eigenvalue weighted by Gasteiger charge is -2.01. The maximum atomic E-state index is 5.13. The Morgan fingerprint density at radius 2 is 2.00 bits per heavy atom. The van der Waals surface area contributed by atoms with Gasteiger partial charge in [-0.05, 0) is 12.7 Å². The summed E-state index contributed by atoms with van der Waals surface area (Å²) >= 11 is 1.89. The van der Waals surface area contributed by atoms with Gasteiger partial charge in [0.15, 0.2) is 0 Å². The molecule has 0 saturated heterocycles. The zero-order chi connectivity index (χ0) is 7.66. The molecule has 0 aliphatic heterocycles. The first-order chi connectivity index (χ1) is 4.91. The van der Waals surface area contributed by atoms with Gasteiger partial charge in [0, 0.05) is 12.4 Å². The van der Waals surface area contributed by atoms with Gasteiger partial charge in [0.1, 0.15) is 6.79 Å². The normalized spacial score (nSPS) is 10.2. The summed E-state index contributed by atoms with van der Waals surface area (Å²) in [6.07, 6.45) is 0. The van der Waals surface area contributed by atoms with Crippen molar-refractivity contribution in [3.63, 3.8) is 0 Å². The van der Waals surface area contributed by atoms with E-state index in [0.29, 0.717) is 6.79 Å². The van der Waals surface area contributed by atoms with Gasteiger partial charge >= 0.3 is 0 Å². The van der Waals surface area contributed by atoms with Crippen molar-refractivity contribution in [3.8, 4) is 0 Å². The molecule has 0 aliphatic rings. The van der Waals surface area contributed by atoms with Gasteiger partial charge in [-0.3, -0.25) is 0 Å². The first-order valence-electron chi connectivity index (χ1n) is 3.65. The summed E-state index contributed by atoms with van der Waals surface area (Å²) in [5.74, 6) is 2.24. The monoisotopic (exact) mass is 164 g/mol. The van der Waals surface area contributed by atoms with E-state index in [0.717, 1.165) is 24.7 Å². The Morgan fingerprint density at radius 1 is 1.20 bits per heavy atom. The molecule has 0 heterocycles. The maximum Gasteiger partial charge on any atom is 0.146 e. The summed E-state index contributed by atoms with van der Waals surface area (Å²) in [5.41, 5.74) is 0. The SMILES string of the molecule is CCOCOCCSCC. The summed E-state index contributed by atoms with van der Waals surface area (Å²) in [6, 6.07) is 0. The van der Waals surface area contributed by atoms with Gasteiger partial charge in [0.2, 0.25) is 0 Å². The van der Waals surface area contributed by atoms with Gasteiger partial charge in [0.25, 0.3) is 0 Å². The highest BCUT2D eigenvalue weighted by molar-refractivity contribution is 7.99. The molecular formula is C7H16O2S. The Hall–Kier alpha value is 0.270. The van der Waals surface area contributed by atoms with Crippen molar-refractivity contribution in [2.45, 2.75) is 13.8 Å². The number of ether oxygens (including phenoxy) is 2. The molecule has 0 saturated carbocycles. The second-order valence-electron chi connectivity index (χ2n) is 1.72. The molecule has 10 heavy (non-hydrogen) atoms. The van der Waals surface area contributed by atoms with Gasteiger partial charge < -0.3 is 9.47 Å². The average Bonchev–Trinajstić information content (AvgIpc) is 1.97. The zero-order valence-corrected chi connectivity index (χ0v) is 7.58. The fourth-order valence-electron chi connectivity index (χ4n) is 0.463. The van der Waals surface area contributed by atoms with E-state index in [1.807, 2.05) is 18.7 Å². The zero-order valence-electron chi connectivity index (χ0n) is 6.76. The molecule has 0 rings (SSSR count). The van der Waals surface area contributed by atoms with Gasteiger partial charge in [0.05, 0.1) is 6.61 Å². The van der Waals surface area contributed by atoms with E-state index >= 15 is 0 Å². The fourth-order valence-corrected chi connectivity index (χ4v) is 0.988. The molecule has 0 aromatic carbocycles. The van der Waals surface area contributed by atoms with Crippen LogP contribution < -0.4 is 0 Å². The minimum absolute atomic E-state index is 0.445. The Balaban J connectivity index is 2.65. The molecule has 3 heteroatoms. The average molecular weight is 164 g/mol. The largest absolute Gasteiger partial charge is 0.356 e. The first kappa shape index (κ1) is 10.3. The van der Waals surface area contributed by atoms with Gasteiger partial charge in [-0.1, -0.05) is 6.92 Å². The molecule has 0 fully saturated rings. The van der Waals surface area contributed by atoms with Gasteiger partial charge in [-0.15, -0.1) is 0 Å². The standard InChI is InChI=1S/C7H16O2S/c1-3-8-7-9-5-6-10-4-2/h3-7H2,1-2H3. The van der Waals surface area contributed by atoms with Crippen molar-refractivity contribution >= 4 is 11.8 Å². The van der Waals surface area contributed by atoms with Crippen LogP contribution in [0, 0.1) is 0 Å². The summed E-state index contributed by atoms with van der Waals surface area (Å²) in [5, 5.41) is 0. The molecule has 0 aliphatic carbocycles. The Kier molecular flexibility index (Phi) is 9.52. The van der Waals surface area contributed by atoms with Crippen LogP contribution in [0.3, 0.4) is 0 Å².